The third-order valence-corrected chi connectivity index (χ3v) is 7.16. The number of piperidine rings is 1. The Morgan fingerprint density at radius 2 is 1.61 bits per heavy atom. The van der Waals surface area contributed by atoms with Crippen molar-refractivity contribution in [2.45, 2.75) is 38.8 Å². The van der Waals surface area contributed by atoms with E-state index in [4.69, 9.17) is 4.74 Å². The maximum atomic E-state index is 12.5. The number of hydrazone groups is 1. The second-order valence-electron chi connectivity index (χ2n) is 9.92. The van der Waals surface area contributed by atoms with Gasteiger partial charge in [0, 0.05) is 38.3 Å². The van der Waals surface area contributed by atoms with E-state index in [1.54, 1.807) is 18.3 Å². The van der Waals surface area contributed by atoms with E-state index >= 15 is 0 Å². The van der Waals surface area contributed by atoms with E-state index in [2.05, 4.69) is 39.7 Å². The lowest BCUT2D eigenvalue weighted by molar-refractivity contribution is -0.134. The highest BCUT2D eigenvalue weighted by Gasteiger charge is 2.17. The molecular formula is C31H34N4O3. The molecular weight excluding hydrogens is 476 g/mol. The summed E-state index contributed by atoms with van der Waals surface area (Å²) in [6, 6.07) is 23.6. The van der Waals surface area contributed by atoms with Crippen molar-refractivity contribution in [1.29, 1.82) is 0 Å². The van der Waals surface area contributed by atoms with Gasteiger partial charge in [-0.1, -0.05) is 36.4 Å². The van der Waals surface area contributed by atoms with Gasteiger partial charge in [-0.3, -0.25) is 14.5 Å². The van der Waals surface area contributed by atoms with Crippen molar-refractivity contribution >= 4 is 18.0 Å². The number of amides is 2. The van der Waals surface area contributed by atoms with Crippen LogP contribution in [0.25, 0.3) is 0 Å². The van der Waals surface area contributed by atoms with Crippen LogP contribution in [0.1, 0.15) is 51.9 Å². The molecule has 2 amide bonds. The first-order valence-corrected chi connectivity index (χ1v) is 13.4. The predicted octanol–water partition coefficient (Wildman–Crippen LogP) is 4.40. The highest BCUT2D eigenvalue weighted by Crippen LogP contribution is 2.20. The molecule has 7 heteroatoms. The Kier molecular flexibility index (Phi) is 8.46. The molecule has 0 radical (unpaired) electrons. The van der Waals surface area contributed by atoms with Gasteiger partial charge in [-0.05, 0) is 84.3 Å². The van der Waals surface area contributed by atoms with Crippen LogP contribution in [0.5, 0.6) is 5.75 Å². The van der Waals surface area contributed by atoms with Crippen molar-refractivity contribution in [2.24, 2.45) is 5.10 Å². The number of nitrogens with one attached hydrogen (secondary N) is 1. The molecule has 1 fully saturated rings. The minimum absolute atomic E-state index is 0.0309. The second kappa shape index (κ2) is 12.5. The number of likely N-dealkylation sites (tertiary alicyclic amines) is 1. The molecule has 0 saturated carbocycles. The van der Waals surface area contributed by atoms with Gasteiger partial charge in [0.15, 0.2) is 6.61 Å². The summed E-state index contributed by atoms with van der Waals surface area (Å²) in [6.45, 7) is 4.55. The van der Waals surface area contributed by atoms with Gasteiger partial charge in [0.05, 0.1) is 6.21 Å². The molecule has 3 aromatic carbocycles. The zero-order valence-corrected chi connectivity index (χ0v) is 21.6. The molecule has 0 aromatic heterocycles. The molecule has 1 saturated heterocycles. The first-order chi connectivity index (χ1) is 18.6. The standard InChI is InChI=1S/C31H34N4O3/c36-30(35-17-4-1-5-18-35)23-38-29-14-10-24(11-15-29)20-32-33-31(37)27-12-8-25(9-13-27)21-34-19-16-26-6-2-3-7-28(26)22-34/h2-3,6-15,20H,1,4-5,16-19,21-23H2,(H,33,37)/b32-20-. The van der Waals surface area contributed by atoms with E-state index in [-0.39, 0.29) is 18.4 Å². The van der Waals surface area contributed by atoms with E-state index in [1.807, 2.05) is 41.3 Å². The van der Waals surface area contributed by atoms with E-state index in [0.29, 0.717) is 11.3 Å². The fraction of sp³-hybridized carbons (Fsp3) is 0.323. The molecule has 2 heterocycles. The highest BCUT2D eigenvalue weighted by atomic mass is 16.5. The molecule has 0 unspecified atom stereocenters. The average molecular weight is 511 g/mol. The molecule has 196 valence electrons. The molecule has 0 aliphatic carbocycles. The molecule has 7 nitrogen and oxygen atoms in total. The number of benzene rings is 3. The highest BCUT2D eigenvalue weighted by molar-refractivity contribution is 5.94. The molecule has 38 heavy (non-hydrogen) atoms. The molecule has 3 aromatic rings. The SMILES string of the molecule is O=C(N/N=C\c1ccc(OCC(=O)N2CCCCC2)cc1)c1ccc(CN2CCc3ccccc3C2)cc1. The van der Waals surface area contributed by atoms with Crippen molar-refractivity contribution in [2.75, 3.05) is 26.2 Å². The Hall–Kier alpha value is -3.97. The number of carbonyl (C=O) groups is 2. The Morgan fingerprint density at radius 1 is 0.868 bits per heavy atom. The van der Waals surface area contributed by atoms with Gasteiger partial charge in [0.1, 0.15) is 5.75 Å². The summed E-state index contributed by atoms with van der Waals surface area (Å²) in [7, 11) is 0. The van der Waals surface area contributed by atoms with Gasteiger partial charge < -0.3 is 9.64 Å². The third-order valence-electron chi connectivity index (χ3n) is 7.16. The lowest BCUT2D eigenvalue weighted by Crippen LogP contribution is -2.38. The van der Waals surface area contributed by atoms with Crippen LogP contribution in [-0.2, 0) is 24.3 Å². The normalized spacial score (nSPS) is 15.7. The van der Waals surface area contributed by atoms with Gasteiger partial charge in [0.2, 0.25) is 0 Å². The third kappa shape index (κ3) is 6.86. The topological polar surface area (TPSA) is 74.2 Å². The number of hydrogen-bond donors (Lipinski definition) is 1. The summed E-state index contributed by atoms with van der Waals surface area (Å²) < 4.78 is 5.64. The summed E-state index contributed by atoms with van der Waals surface area (Å²) in [6.07, 6.45) is 5.98. The van der Waals surface area contributed by atoms with Gasteiger partial charge in [-0.2, -0.15) is 5.10 Å². The van der Waals surface area contributed by atoms with Crippen molar-refractivity contribution in [1.82, 2.24) is 15.2 Å². The van der Waals surface area contributed by atoms with E-state index in [1.165, 1.54) is 23.1 Å². The van der Waals surface area contributed by atoms with Gasteiger partial charge in [0.25, 0.3) is 11.8 Å². The second-order valence-corrected chi connectivity index (χ2v) is 9.92. The minimum atomic E-state index is -0.254. The predicted molar refractivity (Wildman–Crippen MR) is 148 cm³/mol. The fourth-order valence-electron chi connectivity index (χ4n) is 4.97. The van der Waals surface area contributed by atoms with Crippen molar-refractivity contribution < 1.29 is 14.3 Å². The van der Waals surface area contributed by atoms with Crippen LogP contribution in [0.2, 0.25) is 0 Å². The molecule has 2 aliphatic heterocycles. The number of fused-ring (bicyclic) bond motifs is 1. The smallest absolute Gasteiger partial charge is 0.271 e. The van der Waals surface area contributed by atoms with Crippen LogP contribution in [0.3, 0.4) is 0 Å². The minimum Gasteiger partial charge on any atom is -0.484 e. The van der Waals surface area contributed by atoms with Crippen molar-refractivity contribution in [3.8, 4) is 5.75 Å². The monoisotopic (exact) mass is 510 g/mol. The van der Waals surface area contributed by atoms with Crippen molar-refractivity contribution in [3.05, 3.63) is 101 Å². The van der Waals surface area contributed by atoms with Crippen LogP contribution in [-0.4, -0.2) is 54.1 Å². The van der Waals surface area contributed by atoms with E-state index in [0.717, 1.165) is 57.5 Å². The number of nitrogens with zero attached hydrogens (tertiary/aromatic N) is 3. The Bertz CT molecular complexity index is 1270. The summed E-state index contributed by atoms with van der Waals surface area (Å²) in [5.41, 5.74) is 8.00. The molecule has 2 aliphatic rings. The van der Waals surface area contributed by atoms with Gasteiger partial charge in [-0.25, -0.2) is 5.43 Å². The quantitative estimate of drug-likeness (QED) is 0.360. The maximum Gasteiger partial charge on any atom is 0.271 e. The summed E-state index contributed by atoms with van der Waals surface area (Å²) in [4.78, 5) is 29.1. The fourth-order valence-corrected chi connectivity index (χ4v) is 4.97. The molecule has 1 N–H and O–H groups in total. The zero-order chi connectivity index (χ0) is 26.2. The van der Waals surface area contributed by atoms with Gasteiger partial charge >= 0.3 is 0 Å². The lowest BCUT2D eigenvalue weighted by Gasteiger charge is -2.28. The Labute approximate surface area is 224 Å². The summed E-state index contributed by atoms with van der Waals surface area (Å²) in [5.74, 6) is 0.407. The average Bonchev–Trinajstić information content (AvgIpc) is 2.97. The number of hydrogen-bond acceptors (Lipinski definition) is 5. The number of carbonyl (C=O) groups excluding carboxylic acids is 2. The number of ether oxygens (including phenoxy) is 1. The van der Waals surface area contributed by atoms with Crippen LogP contribution < -0.4 is 10.2 Å². The van der Waals surface area contributed by atoms with Crippen LogP contribution in [0, 0.1) is 0 Å². The van der Waals surface area contributed by atoms with Crippen LogP contribution in [0.15, 0.2) is 77.9 Å². The van der Waals surface area contributed by atoms with Crippen LogP contribution in [0.4, 0.5) is 0 Å². The first-order valence-electron chi connectivity index (χ1n) is 13.4. The largest absolute Gasteiger partial charge is 0.484 e. The Balaban J connectivity index is 1.06. The molecule has 5 rings (SSSR count). The molecule has 0 spiro atoms. The molecule has 0 bridgehead atoms. The van der Waals surface area contributed by atoms with E-state index in [9.17, 15) is 9.59 Å². The van der Waals surface area contributed by atoms with Crippen LogP contribution >= 0.6 is 0 Å². The summed E-state index contributed by atoms with van der Waals surface area (Å²) in [5, 5.41) is 4.09. The molecule has 0 atom stereocenters. The number of rotatable bonds is 8. The Morgan fingerprint density at radius 3 is 2.37 bits per heavy atom. The van der Waals surface area contributed by atoms with E-state index < -0.39 is 0 Å². The van der Waals surface area contributed by atoms with Gasteiger partial charge in [-0.15, -0.1) is 0 Å². The van der Waals surface area contributed by atoms with Crippen molar-refractivity contribution in [3.63, 3.8) is 0 Å². The maximum absolute atomic E-state index is 12.5. The lowest BCUT2D eigenvalue weighted by atomic mass is 9.99. The summed E-state index contributed by atoms with van der Waals surface area (Å²) >= 11 is 0. The first kappa shape index (κ1) is 25.7. The zero-order valence-electron chi connectivity index (χ0n) is 21.6.